The van der Waals surface area contributed by atoms with Crippen molar-refractivity contribution >= 4 is 27.7 Å². The number of hydrogen-bond acceptors (Lipinski definition) is 7. The third-order valence-corrected chi connectivity index (χ3v) is 6.86. The minimum atomic E-state index is -3.58. The van der Waals surface area contributed by atoms with E-state index in [-0.39, 0.29) is 27.2 Å². The van der Waals surface area contributed by atoms with Gasteiger partial charge in [0.05, 0.1) is 10.1 Å². The Bertz CT molecular complexity index is 892. The molecule has 1 amide bonds. The molecule has 0 radical (unpaired) electrons. The van der Waals surface area contributed by atoms with Crippen molar-refractivity contribution in [1.82, 2.24) is 19.4 Å². The molecule has 1 heterocycles. The number of nitrogens with zero attached hydrogens (tertiary/aromatic N) is 4. The Morgan fingerprint density at radius 3 is 2.48 bits per heavy atom. The predicted molar refractivity (Wildman–Crippen MR) is 104 cm³/mol. The zero-order valence-electron chi connectivity index (χ0n) is 16.0. The minimum absolute atomic E-state index is 0.0629. The van der Waals surface area contributed by atoms with Crippen LogP contribution >= 0.6 is 11.8 Å². The number of sulfonamides is 1. The Morgan fingerprint density at radius 2 is 1.89 bits per heavy atom. The molecule has 148 valence electrons. The lowest BCUT2D eigenvalue weighted by atomic mass is 10.2. The highest BCUT2D eigenvalue weighted by atomic mass is 32.2. The summed E-state index contributed by atoms with van der Waals surface area (Å²) in [4.78, 5) is 13.6. The SMILES string of the molecule is CCN(CC)S(=O)(=O)c1cccc(-c2nnc(S[C@@H](C)C(=O)N(C)C)o2)c1. The highest BCUT2D eigenvalue weighted by molar-refractivity contribution is 8.00. The van der Waals surface area contributed by atoms with E-state index in [0.717, 1.165) is 11.8 Å². The highest BCUT2D eigenvalue weighted by Crippen LogP contribution is 2.28. The number of carbonyl (C=O) groups excluding carboxylic acids is 1. The monoisotopic (exact) mass is 412 g/mol. The molecule has 1 atom stereocenters. The fourth-order valence-corrected chi connectivity index (χ4v) is 4.77. The van der Waals surface area contributed by atoms with Gasteiger partial charge in [-0.2, -0.15) is 4.31 Å². The van der Waals surface area contributed by atoms with Gasteiger partial charge in [-0.25, -0.2) is 8.42 Å². The Hall–Kier alpha value is -1.91. The van der Waals surface area contributed by atoms with E-state index in [0.29, 0.717) is 18.7 Å². The fraction of sp³-hybridized carbons (Fsp3) is 0.471. The van der Waals surface area contributed by atoms with E-state index in [9.17, 15) is 13.2 Å². The Labute approximate surface area is 164 Å². The molecule has 10 heteroatoms. The third kappa shape index (κ3) is 4.88. The summed E-state index contributed by atoms with van der Waals surface area (Å²) in [5, 5.41) is 7.81. The topological polar surface area (TPSA) is 96.6 Å². The average molecular weight is 413 g/mol. The van der Waals surface area contributed by atoms with Crippen molar-refractivity contribution in [3.63, 3.8) is 0 Å². The zero-order valence-corrected chi connectivity index (χ0v) is 17.7. The summed E-state index contributed by atoms with van der Waals surface area (Å²) in [7, 11) is -0.215. The second-order valence-electron chi connectivity index (χ2n) is 5.98. The quantitative estimate of drug-likeness (QED) is 0.614. The van der Waals surface area contributed by atoms with Crippen LogP contribution in [0.3, 0.4) is 0 Å². The maximum Gasteiger partial charge on any atom is 0.277 e. The van der Waals surface area contributed by atoms with E-state index in [1.807, 2.05) is 0 Å². The summed E-state index contributed by atoms with van der Waals surface area (Å²) >= 11 is 1.16. The summed E-state index contributed by atoms with van der Waals surface area (Å²) in [5.41, 5.74) is 0.508. The Morgan fingerprint density at radius 1 is 1.22 bits per heavy atom. The summed E-state index contributed by atoms with van der Waals surface area (Å²) in [6.45, 7) is 6.13. The molecule has 2 rings (SSSR count). The molecule has 1 aromatic carbocycles. The third-order valence-electron chi connectivity index (χ3n) is 3.90. The second-order valence-corrected chi connectivity index (χ2v) is 9.21. The number of thioether (sulfide) groups is 1. The summed E-state index contributed by atoms with van der Waals surface area (Å²) in [5.74, 6) is 0.144. The summed E-state index contributed by atoms with van der Waals surface area (Å²) in [6.07, 6.45) is 0. The van der Waals surface area contributed by atoms with Crippen molar-refractivity contribution in [2.24, 2.45) is 0 Å². The lowest BCUT2D eigenvalue weighted by molar-refractivity contribution is -0.127. The molecule has 0 aliphatic rings. The van der Waals surface area contributed by atoms with Crippen LogP contribution in [-0.2, 0) is 14.8 Å². The van der Waals surface area contributed by atoms with E-state index in [4.69, 9.17) is 4.42 Å². The second kappa shape index (κ2) is 8.85. The Kier molecular flexibility index (Phi) is 7.01. The first-order chi connectivity index (χ1) is 12.7. The number of amides is 1. The van der Waals surface area contributed by atoms with Crippen molar-refractivity contribution in [2.45, 2.75) is 36.1 Å². The first-order valence-corrected chi connectivity index (χ1v) is 10.8. The van der Waals surface area contributed by atoms with Crippen LogP contribution < -0.4 is 0 Å². The van der Waals surface area contributed by atoms with Gasteiger partial charge < -0.3 is 9.32 Å². The van der Waals surface area contributed by atoms with Crippen LogP contribution in [0.4, 0.5) is 0 Å². The maximum atomic E-state index is 12.7. The van der Waals surface area contributed by atoms with Gasteiger partial charge in [0.2, 0.25) is 21.8 Å². The molecule has 0 unspecified atom stereocenters. The van der Waals surface area contributed by atoms with Crippen LogP contribution in [0.5, 0.6) is 0 Å². The molecular weight excluding hydrogens is 388 g/mol. The van der Waals surface area contributed by atoms with Crippen molar-refractivity contribution in [2.75, 3.05) is 27.2 Å². The molecule has 0 saturated heterocycles. The van der Waals surface area contributed by atoms with Gasteiger partial charge in [0, 0.05) is 32.7 Å². The largest absolute Gasteiger partial charge is 0.411 e. The van der Waals surface area contributed by atoms with Crippen LogP contribution in [0.15, 0.2) is 38.8 Å². The first-order valence-electron chi connectivity index (χ1n) is 8.52. The average Bonchev–Trinajstić information content (AvgIpc) is 3.10. The van der Waals surface area contributed by atoms with E-state index >= 15 is 0 Å². The van der Waals surface area contributed by atoms with Crippen LogP contribution in [0.2, 0.25) is 0 Å². The zero-order chi connectivity index (χ0) is 20.2. The number of rotatable bonds is 8. The van der Waals surface area contributed by atoms with Gasteiger partial charge in [-0.3, -0.25) is 4.79 Å². The lowest BCUT2D eigenvalue weighted by Gasteiger charge is -2.18. The van der Waals surface area contributed by atoms with Gasteiger partial charge in [-0.05, 0) is 25.1 Å². The van der Waals surface area contributed by atoms with Gasteiger partial charge in [-0.1, -0.05) is 31.7 Å². The number of aromatic nitrogens is 2. The number of hydrogen-bond donors (Lipinski definition) is 0. The van der Waals surface area contributed by atoms with Crippen LogP contribution in [0.25, 0.3) is 11.5 Å². The maximum absolute atomic E-state index is 12.7. The van der Waals surface area contributed by atoms with Gasteiger partial charge in [0.25, 0.3) is 5.22 Å². The molecule has 0 aliphatic carbocycles. The van der Waals surface area contributed by atoms with Crippen molar-refractivity contribution < 1.29 is 17.6 Å². The van der Waals surface area contributed by atoms with Crippen LogP contribution in [0.1, 0.15) is 20.8 Å². The lowest BCUT2D eigenvalue weighted by Crippen LogP contribution is -2.30. The molecule has 27 heavy (non-hydrogen) atoms. The molecule has 0 bridgehead atoms. The van der Waals surface area contributed by atoms with Crippen LogP contribution in [0, 0.1) is 0 Å². The van der Waals surface area contributed by atoms with Crippen molar-refractivity contribution in [3.05, 3.63) is 24.3 Å². The molecule has 0 spiro atoms. The van der Waals surface area contributed by atoms with Gasteiger partial charge >= 0.3 is 0 Å². The van der Waals surface area contributed by atoms with E-state index in [1.54, 1.807) is 53.1 Å². The molecule has 0 saturated carbocycles. The molecule has 0 N–H and O–H groups in total. The van der Waals surface area contributed by atoms with Gasteiger partial charge in [0.1, 0.15) is 0 Å². The smallest absolute Gasteiger partial charge is 0.277 e. The van der Waals surface area contributed by atoms with E-state index < -0.39 is 10.0 Å². The normalized spacial score (nSPS) is 13.0. The summed E-state index contributed by atoms with van der Waals surface area (Å²) in [6, 6.07) is 6.41. The molecule has 0 aliphatic heterocycles. The van der Waals surface area contributed by atoms with Gasteiger partial charge in [0.15, 0.2) is 0 Å². The van der Waals surface area contributed by atoms with Crippen molar-refractivity contribution in [3.8, 4) is 11.5 Å². The van der Waals surface area contributed by atoms with Gasteiger partial charge in [-0.15, -0.1) is 10.2 Å². The Balaban J connectivity index is 2.26. The first kappa shape index (κ1) is 21.4. The molecule has 0 fully saturated rings. The van der Waals surface area contributed by atoms with Crippen molar-refractivity contribution in [1.29, 1.82) is 0 Å². The van der Waals surface area contributed by atoms with Crippen LogP contribution in [-0.4, -0.2) is 66.2 Å². The van der Waals surface area contributed by atoms with E-state index in [2.05, 4.69) is 10.2 Å². The molecule has 8 nitrogen and oxygen atoms in total. The summed E-state index contributed by atoms with van der Waals surface area (Å²) < 4.78 is 32.4. The molecular formula is C17H24N4O4S2. The standard InChI is InChI=1S/C17H24N4O4S2/c1-6-21(7-2)27(23,24)14-10-8-9-13(11-14)15-18-19-17(25-15)26-12(3)16(22)20(4)5/h8-12H,6-7H2,1-5H3/t12-/m0/s1. The predicted octanol–water partition coefficient (Wildman–Crippen LogP) is 2.34. The molecule has 2 aromatic rings. The number of carbonyl (C=O) groups is 1. The minimum Gasteiger partial charge on any atom is -0.411 e. The van der Waals surface area contributed by atoms with E-state index in [1.165, 1.54) is 15.3 Å². The number of benzene rings is 1. The fourth-order valence-electron chi connectivity index (χ4n) is 2.44. The molecule has 1 aromatic heterocycles. The highest BCUT2D eigenvalue weighted by Gasteiger charge is 2.23.